The highest BCUT2D eigenvalue weighted by atomic mass is 32.2. The van der Waals surface area contributed by atoms with Gasteiger partial charge in [0.15, 0.2) is 0 Å². The van der Waals surface area contributed by atoms with Gasteiger partial charge in [0, 0.05) is 6.20 Å². The van der Waals surface area contributed by atoms with Crippen molar-refractivity contribution in [1.29, 1.82) is 0 Å². The van der Waals surface area contributed by atoms with E-state index in [1.165, 1.54) is 12.3 Å². The molecule has 19 heavy (non-hydrogen) atoms. The molecule has 1 heterocycles. The second-order valence-electron chi connectivity index (χ2n) is 4.08. The first kappa shape index (κ1) is 13.4. The van der Waals surface area contributed by atoms with Crippen LogP contribution < -0.4 is 10.5 Å². The lowest BCUT2D eigenvalue weighted by Crippen LogP contribution is -2.24. The molecule has 0 saturated heterocycles. The van der Waals surface area contributed by atoms with Crippen molar-refractivity contribution >= 4 is 15.7 Å². The highest BCUT2D eigenvalue weighted by Gasteiger charge is 2.17. The van der Waals surface area contributed by atoms with Crippen molar-refractivity contribution in [3.63, 3.8) is 0 Å². The zero-order chi connectivity index (χ0) is 13.9. The molecular weight excluding hydrogens is 264 g/mol. The molecule has 0 fully saturated rings. The third kappa shape index (κ3) is 3.27. The van der Waals surface area contributed by atoms with Gasteiger partial charge in [-0.2, -0.15) is 10.2 Å². The predicted molar refractivity (Wildman–Crippen MR) is 71.6 cm³/mol. The zero-order valence-corrected chi connectivity index (χ0v) is 11.2. The Morgan fingerprint density at radius 3 is 2.74 bits per heavy atom. The molecule has 0 amide bonds. The summed E-state index contributed by atoms with van der Waals surface area (Å²) in [6, 6.07) is 8.19. The molecule has 0 spiro atoms. The van der Waals surface area contributed by atoms with Gasteiger partial charge in [-0.15, -0.1) is 0 Å². The number of nitrogen functional groups attached to an aromatic ring is 1. The number of anilines is 1. The molecule has 7 heteroatoms. The summed E-state index contributed by atoms with van der Waals surface area (Å²) >= 11 is 0. The van der Waals surface area contributed by atoms with Crippen molar-refractivity contribution in [3.8, 4) is 0 Å². The second-order valence-corrected chi connectivity index (χ2v) is 5.82. The van der Waals surface area contributed by atoms with Crippen LogP contribution in [0.1, 0.15) is 11.3 Å². The number of aryl methyl sites for hydroxylation is 1. The van der Waals surface area contributed by atoms with Crippen LogP contribution in [-0.4, -0.2) is 18.6 Å². The van der Waals surface area contributed by atoms with E-state index >= 15 is 0 Å². The molecule has 0 aliphatic rings. The zero-order valence-electron chi connectivity index (χ0n) is 10.4. The number of aromatic nitrogens is 2. The third-order valence-corrected chi connectivity index (χ3v) is 4.00. The van der Waals surface area contributed by atoms with Gasteiger partial charge in [0.25, 0.3) is 0 Å². The van der Waals surface area contributed by atoms with E-state index in [-0.39, 0.29) is 17.1 Å². The third-order valence-electron chi connectivity index (χ3n) is 2.53. The Morgan fingerprint density at radius 2 is 2.11 bits per heavy atom. The standard InChI is InChI=1S/C12H14N4O2S/c1-9-4-5-12(11(13)7-9)19(17,18)15-8-10-3-2-6-14-16-10/h2-7,15H,8,13H2,1H3. The van der Waals surface area contributed by atoms with E-state index in [0.29, 0.717) is 5.69 Å². The predicted octanol–water partition coefficient (Wildman–Crippen LogP) is 0.846. The van der Waals surface area contributed by atoms with Gasteiger partial charge in [0.2, 0.25) is 10.0 Å². The van der Waals surface area contributed by atoms with Crippen LogP contribution in [0.2, 0.25) is 0 Å². The molecule has 0 aliphatic carbocycles. The lowest BCUT2D eigenvalue weighted by molar-refractivity contribution is 0.580. The molecule has 2 aromatic rings. The summed E-state index contributed by atoms with van der Waals surface area (Å²) in [5.41, 5.74) is 7.40. The molecular formula is C12H14N4O2S. The van der Waals surface area contributed by atoms with Gasteiger partial charge in [-0.05, 0) is 36.8 Å². The number of hydrogen-bond acceptors (Lipinski definition) is 5. The van der Waals surface area contributed by atoms with Gasteiger partial charge in [-0.25, -0.2) is 13.1 Å². The minimum atomic E-state index is -3.65. The van der Waals surface area contributed by atoms with E-state index in [1.807, 2.05) is 6.92 Å². The quantitative estimate of drug-likeness (QED) is 0.808. The van der Waals surface area contributed by atoms with Crippen LogP contribution in [0.5, 0.6) is 0 Å². The van der Waals surface area contributed by atoms with E-state index in [2.05, 4.69) is 14.9 Å². The highest BCUT2D eigenvalue weighted by Crippen LogP contribution is 2.19. The van der Waals surface area contributed by atoms with Gasteiger partial charge < -0.3 is 5.73 Å². The van der Waals surface area contributed by atoms with E-state index in [4.69, 9.17) is 5.73 Å². The topological polar surface area (TPSA) is 98.0 Å². The van der Waals surface area contributed by atoms with Gasteiger partial charge >= 0.3 is 0 Å². The fourth-order valence-electron chi connectivity index (χ4n) is 1.59. The Hall–Kier alpha value is -1.99. The van der Waals surface area contributed by atoms with Gasteiger partial charge in [0.1, 0.15) is 4.90 Å². The molecule has 1 aromatic heterocycles. The van der Waals surface area contributed by atoms with Crippen molar-refractivity contribution in [2.75, 3.05) is 5.73 Å². The van der Waals surface area contributed by atoms with Crippen LogP contribution in [0, 0.1) is 6.92 Å². The average molecular weight is 278 g/mol. The summed E-state index contributed by atoms with van der Waals surface area (Å²) in [6.45, 7) is 1.92. The molecule has 0 aliphatic heterocycles. The number of nitrogens with zero attached hydrogens (tertiary/aromatic N) is 2. The number of sulfonamides is 1. The lowest BCUT2D eigenvalue weighted by atomic mass is 10.2. The molecule has 2 rings (SSSR count). The minimum absolute atomic E-state index is 0.0713. The fraction of sp³-hybridized carbons (Fsp3) is 0.167. The monoisotopic (exact) mass is 278 g/mol. The SMILES string of the molecule is Cc1ccc(S(=O)(=O)NCc2cccnn2)c(N)c1. The van der Waals surface area contributed by atoms with Crippen molar-refractivity contribution in [2.45, 2.75) is 18.4 Å². The van der Waals surface area contributed by atoms with Crippen LogP contribution in [0.15, 0.2) is 41.4 Å². The molecule has 0 saturated carbocycles. The number of hydrogen-bond donors (Lipinski definition) is 2. The first-order chi connectivity index (χ1) is 8.99. The van der Waals surface area contributed by atoms with Crippen molar-refractivity contribution < 1.29 is 8.42 Å². The molecule has 6 nitrogen and oxygen atoms in total. The first-order valence-electron chi connectivity index (χ1n) is 5.61. The highest BCUT2D eigenvalue weighted by molar-refractivity contribution is 7.89. The van der Waals surface area contributed by atoms with Gasteiger partial charge in [-0.3, -0.25) is 0 Å². The van der Waals surface area contributed by atoms with Crippen molar-refractivity contribution in [1.82, 2.24) is 14.9 Å². The Labute approximate surface area is 111 Å². The maximum absolute atomic E-state index is 12.1. The molecule has 0 unspecified atom stereocenters. The largest absolute Gasteiger partial charge is 0.398 e. The van der Waals surface area contributed by atoms with Crippen molar-refractivity contribution in [3.05, 3.63) is 47.8 Å². The summed E-state index contributed by atoms with van der Waals surface area (Å²) in [5, 5.41) is 7.48. The fourth-order valence-corrected chi connectivity index (χ4v) is 2.70. The van der Waals surface area contributed by atoms with E-state index in [1.54, 1.807) is 24.3 Å². The first-order valence-corrected chi connectivity index (χ1v) is 7.10. The summed E-state index contributed by atoms with van der Waals surface area (Å²) in [7, 11) is -3.65. The smallest absolute Gasteiger partial charge is 0.242 e. The molecule has 1 aromatic carbocycles. The minimum Gasteiger partial charge on any atom is -0.398 e. The normalized spacial score (nSPS) is 11.4. The van der Waals surface area contributed by atoms with Crippen LogP contribution in [-0.2, 0) is 16.6 Å². The van der Waals surface area contributed by atoms with Gasteiger partial charge in [0.05, 0.1) is 17.9 Å². The van der Waals surface area contributed by atoms with Crippen LogP contribution in [0.3, 0.4) is 0 Å². The molecule has 0 atom stereocenters. The number of rotatable bonds is 4. The second kappa shape index (κ2) is 5.33. The number of benzene rings is 1. The Kier molecular flexibility index (Phi) is 3.77. The number of nitrogens with one attached hydrogen (secondary N) is 1. The molecule has 0 radical (unpaired) electrons. The van der Waals surface area contributed by atoms with Crippen molar-refractivity contribution in [2.24, 2.45) is 0 Å². The summed E-state index contributed by atoms with van der Waals surface area (Å²) in [5.74, 6) is 0. The summed E-state index contributed by atoms with van der Waals surface area (Å²) < 4.78 is 26.6. The van der Waals surface area contributed by atoms with Gasteiger partial charge in [-0.1, -0.05) is 6.07 Å². The maximum atomic E-state index is 12.1. The number of nitrogens with two attached hydrogens (primary N) is 1. The Bertz CT molecular complexity index is 671. The molecule has 0 bridgehead atoms. The summed E-state index contributed by atoms with van der Waals surface area (Å²) in [4.78, 5) is 0.0713. The molecule has 100 valence electrons. The van der Waals surface area contributed by atoms with Crippen LogP contribution in [0.4, 0.5) is 5.69 Å². The average Bonchev–Trinajstić information content (AvgIpc) is 2.37. The Balaban J connectivity index is 2.19. The summed E-state index contributed by atoms with van der Waals surface area (Å²) in [6.07, 6.45) is 1.52. The van der Waals surface area contributed by atoms with E-state index in [9.17, 15) is 8.42 Å². The van der Waals surface area contributed by atoms with E-state index < -0.39 is 10.0 Å². The van der Waals surface area contributed by atoms with Crippen LogP contribution in [0.25, 0.3) is 0 Å². The van der Waals surface area contributed by atoms with E-state index in [0.717, 1.165) is 5.56 Å². The lowest BCUT2D eigenvalue weighted by Gasteiger charge is -2.09. The maximum Gasteiger partial charge on any atom is 0.242 e. The molecule has 3 N–H and O–H groups in total. The Morgan fingerprint density at radius 1 is 1.32 bits per heavy atom. The van der Waals surface area contributed by atoms with Crippen LogP contribution >= 0.6 is 0 Å².